The van der Waals surface area contributed by atoms with Crippen LogP contribution >= 0.6 is 22.9 Å². The molecule has 0 amide bonds. The largest absolute Gasteiger partial charge is 0.479 e. The van der Waals surface area contributed by atoms with E-state index in [4.69, 9.17) is 31.4 Å². The molecular formula is C36H40ClN5O4S. The molecule has 1 atom stereocenters. The van der Waals surface area contributed by atoms with E-state index in [1.165, 1.54) is 11.3 Å². The maximum Gasteiger partial charge on any atom is 0.337 e. The summed E-state index contributed by atoms with van der Waals surface area (Å²) in [5.74, 6) is -0.731. The molecule has 3 aromatic heterocycles. The highest BCUT2D eigenvalue weighted by Crippen LogP contribution is 2.45. The van der Waals surface area contributed by atoms with Crippen molar-refractivity contribution in [2.24, 2.45) is 7.05 Å². The van der Waals surface area contributed by atoms with Crippen molar-refractivity contribution in [2.75, 3.05) is 13.1 Å². The van der Waals surface area contributed by atoms with Gasteiger partial charge in [-0.25, -0.2) is 14.8 Å². The molecule has 1 aliphatic carbocycles. The highest BCUT2D eigenvalue weighted by atomic mass is 35.5. The SMILES string of the molecule is Cc1cc2nc(-c3ccc4c(n3)c(C3CCN(C5CC(O)C5)CC3)nn4C)sc2c(-c2ccc(Cl)cc2)c1[C@H](OC(C)(C)C)C(=O)O. The average Bonchev–Trinajstić information content (AvgIpc) is 3.58. The summed E-state index contributed by atoms with van der Waals surface area (Å²) >= 11 is 7.78. The van der Waals surface area contributed by atoms with E-state index in [9.17, 15) is 15.0 Å². The second kappa shape index (κ2) is 12.2. The number of hydrogen-bond donors (Lipinski definition) is 2. The number of halogens is 1. The number of likely N-dealkylation sites (tertiary alicyclic amines) is 1. The Labute approximate surface area is 283 Å². The number of ether oxygens (including phenoxy) is 1. The van der Waals surface area contributed by atoms with E-state index < -0.39 is 17.7 Å². The number of aromatic nitrogens is 4. The van der Waals surface area contributed by atoms with Gasteiger partial charge in [0.25, 0.3) is 0 Å². The Hall–Kier alpha value is -3.41. The first-order valence-corrected chi connectivity index (χ1v) is 17.4. The summed E-state index contributed by atoms with van der Waals surface area (Å²) in [5.41, 5.74) is 6.80. The average molecular weight is 674 g/mol. The molecule has 1 saturated carbocycles. The van der Waals surface area contributed by atoms with E-state index >= 15 is 0 Å². The summed E-state index contributed by atoms with van der Waals surface area (Å²) in [7, 11) is 1.97. The molecule has 0 bridgehead atoms. The first-order valence-electron chi connectivity index (χ1n) is 16.2. The van der Waals surface area contributed by atoms with E-state index in [2.05, 4.69) is 11.0 Å². The minimum absolute atomic E-state index is 0.143. The third-order valence-corrected chi connectivity index (χ3v) is 10.8. The van der Waals surface area contributed by atoms with E-state index in [1.807, 2.05) is 75.8 Å². The highest BCUT2D eigenvalue weighted by Gasteiger charge is 2.36. The fraction of sp³-hybridized carbons (Fsp3) is 0.444. The first-order chi connectivity index (χ1) is 22.4. The van der Waals surface area contributed by atoms with Crippen LogP contribution in [0.3, 0.4) is 0 Å². The van der Waals surface area contributed by atoms with E-state index in [1.54, 1.807) is 0 Å². The number of aryl methyl sites for hydroxylation is 2. The molecular weight excluding hydrogens is 634 g/mol. The number of piperidine rings is 1. The van der Waals surface area contributed by atoms with E-state index in [-0.39, 0.29) is 6.10 Å². The molecule has 11 heteroatoms. The van der Waals surface area contributed by atoms with Crippen LogP contribution in [0.1, 0.15) is 75.3 Å². The predicted octanol–water partition coefficient (Wildman–Crippen LogP) is 7.52. The van der Waals surface area contributed by atoms with Crippen molar-refractivity contribution in [3.63, 3.8) is 0 Å². The molecule has 246 valence electrons. The van der Waals surface area contributed by atoms with Crippen molar-refractivity contribution in [1.29, 1.82) is 0 Å². The number of carbonyl (C=O) groups is 1. The minimum Gasteiger partial charge on any atom is -0.479 e. The van der Waals surface area contributed by atoms with Crippen molar-refractivity contribution in [3.05, 3.63) is 64.3 Å². The van der Waals surface area contributed by atoms with E-state index in [0.717, 1.165) is 93.1 Å². The Kier molecular flexibility index (Phi) is 8.37. The number of aliphatic hydroxyl groups excluding tert-OH is 1. The van der Waals surface area contributed by atoms with Crippen molar-refractivity contribution < 1.29 is 19.7 Å². The molecule has 2 fully saturated rings. The van der Waals surface area contributed by atoms with Crippen molar-refractivity contribution in [1.82, 2.24) is 24.6 Å². The molecule has 2 aromatic carbocycles. The van der Waals surface area contributed by atoms with Crippen molar-refractivity contribution in [3.8, 4) is 21.8 Å². The Morgan fingerprint density at radius 1 is 1.09 bits per heavy atom. The van der Waals surface area contributed by atoms with Gasteiger partial charge < -0.3 is 19.8 Å². The van der Waals surface area contributed by atoms with Gasteiger partial charge in [0.05, 0.1) is 38.8 Å². The highest BCUT2D eigenvalue weighted by molar-refractivity contribution is 7.22. The molecule has 0 unspecified atom stereocenters. The number of rotatable bonds is 7. The van der Waals surface area contributed by atoms with Crippen LogP contribution in [0.4, 0.5) is 0 Å². The lowest BCUT2D eigenvalue weighted by Crippen LogP contribution is -2.49. The van der Waals surface area contributed by atoms with Crippen LogP contribution in [0.25, 0.3) is 43.1 Å². The molecule has 0 spiro atoms. The molecule has 5 aromatic rings. The Morgan fingerprint density at radius 3 is 2.43 bits per heavy atom. The Bertz CT molecular complexity index is 1970. The predicted molar refractivity (Wildman–Crippen MR) is 186 cm³/mol. The number of benzene rings is 2. The van der Waals surface area contributed by atoms with Gasteiger partial charge in [-0.2, -0.15) is 5.10 Å². The first kappa shape index (κ1) is 32.2. The fourth-order valence-electron chi connectivity index (χ4n) is 7.10. The summed E-state index contributed by atoms with van der Waals surface area (Å²) in [6, 6.07) is 14.0. The summed E-state index contributed by atoms with van der Waals surface area (Å²) < 4.78 is 8.96. The van der Waals surface area contributed by atoms with E-state index in [0.29, 0.717) is 22.5 Å². The van der Waals surface area contributed by atoms with Crippen LogP contribution in [-0.2, 0) is 16.6 Å². The van der Waals surface area contributed by atoms with Gasteiger partial charge in [-0.1, -0.05) is 23.7 Å². The zero-order chi connectivity index (χ0) is 33.2. The van der Waals surface area contributed by atoms with Gasteiger partial charge in [-0.05, 0) is 108 Å². The van der Waals surface area contributed by atoms with Crippen LogP contribution in [0.5, 0.6) is 0 Å². The standard InChI is InChI=1S/C36H40ClN5O4S/c1-19-16-26-33(29(20-6-8-22(37)9-7-20)28(19)32(35(44)45)46-36(2,3)4)47-34(39-26)25-10-11-27-31(38-25)30(40-41(27)5)21-12-14-42(15-13-21)23-17-24(43)18-23/h6-11,16,21,23-24,32,43H,12-15,17-18H2,1-5H3,(H,44,45)/t23?,24?,32-/m0/s1. The number of aliphatic hydroxyl groups is 1. The number of carboxylic acids is 1. The second-order valence-corrected chi connectivity index (χ2v) is 15.4. The number of carboxylic acid groups (broad SMARTS) is 1. The van der Waals surface area contributed by atoms with Gasteiger partial charge in [-0.15, -0.1) is 11.3 Å². The second-order valence-electron chi connectivity index (χ2n) is 14.0. The van der Waals surface area contributed by atoms with Gasteiger partial charge in [0.15, 0.2) is 6.10 Å². The van der Waals surface area contributed by atoms with Gasteiger partial charge >= 0.3 is 5.97 Å². The quantitative estimate of drug-likeness (QED) is 0.182. The number of thiazole rings is 1. The van der Waals surface area contributed by atoms with Crippen LogP contribution < -0.4 is 0 Å². The van der Waals surface area contributed by atoms with Gasteiger partial charge in [0.1, 0.15) is 10.5 Å². The lowest BCUT2D eigenvalue weighted by atomic mass is 9.85. The summed E-state index contributed by atoms with van der Waals surface area (Å²) in [5, 5.41) is 26.5. The lowest BCUT2D eigenvalue weighted by Gasteiger charge is -2.43. The topological polar surface area (TPSA) is 114 Å². The molecule has 1 aliphatic heterocycles. The third kappa shape index (κ3) is 6.18. The monoisotopic (exact) mass is 673 g/mol. The minimum atomic E-state index is -1.18. The van der Waals surface area contributed by atoms with Crippen molar-refractivity contribution in [2.45, 2.75) is 83.1 Å². The van der Waals surface area contributed by atoms with Crippen molar-refractivity contribution >= 4 is 50.2 Å². The molecule has 2 N–H and O–H groups in total. The molecule has 1 saturated heterocycles. The summed E-state index contributed by atoms with van der Waals surface area (Å²) in [6.45, 7) is 9.51. The molecule has 4 heterocycles. The molecule has 7 rings (SSSR count). The summed E-state index contributed by atoms with van der Waals surface area (Å²) in [4.78, 5) is 25.5. The number of pyridine rings is 1. The number of hydrogen-bond acceptors (Lipinski definition) is 8. The molecule has 9 nitrogen and oxygen atoms in total. The normalized spacial score (nSPS) is 20.1. The smallest absolute Gasteiger partial charge is 0.337 e. The summed E-state index contributed by atoms with van der Waals surface area (Å²) in [6.07, 6.45) is 2.47. The number of aliphatic carboxylic acids is 1. The van der Waals surface area contributed by atoms with Gasteiger partial charge in [0.2, 0.25) is 0 Å². The maximum atomic E-state index is 12.7. The zero-order valence-corrected chi connectivity index (χ0v) is 28.9. The zero-order valence-electron chi connectivity index (χ0n) is 27.3. The molecule has 0 radical (unpaired) electrons. The number of nitrogens with zero attached hydrogens (tertiary/aromatic N) is 5. The number of fused-ring (bicyclic) bond motifs is 2. The van der Waals surface area contributed by atoms with Crippen LogP contribution in [-0.4, -0.2) is 71.7 Å². The van der Waals surface area contributed by atoms with Crippen LogP contribution in [0, 0.1) is 6.92 Å². The lowest BCUT2D eigenvalue weighted by molar-refractivity contribution is -0.160. The van der Waals surface area contributed by atoms with Crippen LogP contribution in [0.15, 0.2) is 42.5 Å². The van der Waals surface area contributed by atoms with Crippen LogP contribution in [0.2, 0.25) is 5.02 Å². The fourth-order valence-corrected chi connectivity index (χ4v) is 8.32. The molecule has 2 aliphatic rings. The molecule has 47 heavy (non-hydrogen) atoms. The Morgan fingerprint density at radius 2 is 1.79 bits per heavy atom. The maximum absolute atomic E-state index is 12.7. The Balaban J connectivity index is 1.31. The van der Waals surface area contributed by atoms with Gasteiger partial charge in [0, 0.05) is 35.2 Å². The van der Waals surface area contributed by atoms with Gasteiger partial charge in [-0.3, -0.25) is 4.68 Å². The third-order valence-electron chi connectivity index (χ3n) is 9.48.